The van der Waals surface area contributed by atoms with Gasteiger partial charge in [0.15, 0.2) is 5.75 Å². The predicted molar refractivity (Wildman–Crippen MR) is 72.3 cm³/mol. The highest BCUT2D eigenvalue weighted by Crippen LogP contribution is 2.33. The first-order valence-corrected chi connectivity index (χ1v) is 6.90. The number of nitro benzene ring substituents is 1. The number of rotatable bonds is 4. The zero-order chi connectivity index (χ0) is 14.8. The van der Waals surface area contributed by atoms with Crippen molar-refractivity contribution in [3.05, 3.63) is 58.6 Å². The molecule has 2 aromatic rings. The first-order chi connectivity index (χ1) is 9.37. The van der Waals surface area contributed by atoms with Crippen LogP contribution in [0.15, 0.2) is 48.5 Å². The summed E-state index contributed by atoms with van der Waals surface area (Å²) in [5.41, 5.74) is 0.732. The van der Waals surface area contributed by atoms with E-state index in [1.165, 1.54) is 12.1 Å². The van der Waals surface area contributed by atoms with Crippen LogP contribution in [-0.4, -0.2) is 13.3 Å². The minimum Gasteiger partial charge on any atom is -0.371 e. The molecule has 8 heteroatoms. The molecule has 7 nitrogen and oxygen atoms in total. The van der Waals surface area contributed by atoms with Gasteiger partial charge in [-0.25, -0.2) is 0 Å². The van der Waals surface area contributed by atoms with Crippen LogP contribution in [0, 0.1) is 10.1 Å². The molecule has 20 heavy (non-hydrogen) atoms. The van der Waals surface area contributed by atoms with E-state index in [-0.39, 0.29) is 11.4 Å². The molecule has 0 atom stereocenters. The van der Waals surface area contributed by atoms with Gasteiger partial charge in [0.2, 0.25) is 0 Å². The van der Waals surface area contributed by atoms with Crippen LogP contribution in [0.4, 0.5) is 5.69 Å². The molecule has 2 aromatic carbocycles. The molecule has 0 amide bonds. The third-order valence-electron chi connectivity index (χ3n) is 2.46. The lowest BCUT2D eigenvalue weighted by Crippen LogP contribution is -2.19. The van der Waals surface area contributed by atoms with Crippen molar-refractivity contribution in [2.75, 3.05) is 0 Å². The van der Waals surface area contributed by atoms with Crippen molar-refractivity contribution in [3.63, 3.8) is 0 Å². The molecular weight excluding hydrogens is 284 g/mol. The fourth-order valence-electron chi connectivity index (χ4n) is 1.71. The minimum absolute atomic E-state index is 0.209. The number of hydrogen-bond acceptors (Lipinski definition) is 5. The highest BCUT2D eigenvalue weighted by atomic mass is 32.2. The van der Waals surface area contributed by atoms with Gasteiger partial charge in [-0.1, -0.05) is 30.3 Å². The molecular formula is C12H10N2O5S. The summed E-state index contributed by atoms with van der Waals surface area (Å²) < 4.78 is 26.1. The van der Waals surface area contributed by atoms with Gasteiger partial charge >= 0.3 is 10.3 Å². The second-order valence-electron chi connectivity index (χ2n) is 3.88. The molecule has 0 spiro atoms. The summed E-state index contributed by atoms with van der Waals surface area (Å²) in [6.45, 7) is 0. The van der Waals surface area contributed by atoms with Crippen molar-refractivity contribution in [1.29, 1.82) is 0 Å². The Morgan fingerprint density at radius 2 is 1.75 bits per heavy atom. The average molecular weight is 294 g/mol. The van der Waals surface area contributed by atoms with Gasteiger partial charge in [-0.3, -0.25) is 10.1 Å². The van der Waals surface area contributed by atoms with E-state index >= 15 is 0 Å². The van der Waals surface area contributed by atoms with Gasteiger partial charge < -0.3 is 4.18 Å². The topological polar surface area (TPSA) is 113 Å². The monoisotopic (exact) mass is 294 g/mol. The van der Waals surface area contributed by atoms with E-state index in [2.05, 4.69) is 4.18 Å². The summed E-state index contributed by atoms with van der Waals surface area (Å²) in [4.78, 5) is 10.5. The van der Waals surface area contributed by atoms with Crippen LogP contribution >= 0.6 is 0 Å². The highest BCUT2D eigenvalue weighted by molar-refractivity contribution is 7.84. The van der Waals surface area contributed by atoms with Gasteiger partial charge in [0.05, 0.1) is 16.6 Å². The first kappa shape index (κ1) is 14.0. The van der Waals surface area contributed by atoms with Crippen molar-refractivity contribution in [2.24, 2.45) is 5.14 Å². The molecule has 2 rings (SSSR count). The molecule has 0 heterocycles. The van der Waals surface area contributed by atoms with Crippen LogP contribution < -0.4 is 9.32 Å². The molecule has 0 aromatic heterocycles. The average Bonchev–Trinajstić information content (AvgIpc) is 2.37. The fourth-order valence-corrected chi connectivity index (χ4v) is 2.08. The summed E-state index contributed by atoms with van der Waals surface area (Å²) in [7, 11) is -4.22. The van der Waals surface area contributed by atoms with Gasteiger partial charge in [-0.15, -0.1) is 0 Å². The molecule has 0 fully saturated rings. The Bertz CT molecular complexity index is 744. The number of hydrogen-bond donors (Lipinski definition) is 1. The van der Waals surface area contributed by atoms with Crippen molar-refractivity contribution in [3.8, 4) is 16.9 Å². The van der Waals surface area contributed by atoms with E-state index in [9.17, 15) is 18.5 Å². The first-order valence-electron chi connectivity index (χ1n) is 5.43. The summed E-state index contributed by atoms with van der Waals surface area (Å²) in [5.74, 6) is -0.209. The summed E-state index contributed by atoms with van der Waals surface area (Å²) in [5, 5.41) is 15.8. The Labute approximate surface area is 115 Å². The number of nitrogens with zero attached hydrogens (tertiary/aromatic N) is 1. The Morgan fingerprint density at radius 3 is 2.30 bits per heavy atom. The molecule has 0 bridgehead atoms. The van der Waals surface area contributed by atoms with Gasteiger partial charge in [-0.2, -0.15) is 13.6 Å². The number of nitrogens with two attached hydrogens (primary N) is 1. The molecule has 0 aliphatic rings. The summed E-state index contributed by atoms with van der Waals surface area (Å²) >= 11 is 0. The Hall–Kier alpha value is -2.45. The maximum atomic E-state index is 11.1. The Balaban J connectivity index is 2.52. The molecule has 0 unspecified atom stereocenters. The molecule has 0 saturated carbocycles. The Kier molecular flexibility index (Phi) is 3.68. The van der Waals surface area contributed by atoms with Crippen molar-refractivity contribution >= 4 is 16.0 Å². The molecule has 0 aliphatic carbocycles. The van der Waals surface area contributed by atoms with Gasteiger partial charge in [0, 0.05) is 0 Å². The van der Waals surface area contributed by atoms with E-state index in [1.54, 1.807) is 30.3 Å². The van der Waals surface area contributed by atoms with Crippen molar-refractivity contribution < 1.29 is 17.5 Å². The lowest BCUT2D eigenvalue weighted by atomic mass is 10.0. The Morgan fingerprint density at radius 1 is 1.10 bits per heavy atom. The largest absolute Gasteiger partial charge is 0.380 e. The van der Waals surface area contributed by atoms with Gasteiger partial charge in [-0.05, 0) is 17.7 Å². The number of nitro groups is 1. The maximum Gasteiger partial charge on any atom is 0.380 e. The molecule has 0 saturated heterocycles. The zero-order valence-electron chi connectivity index (χ0n) is 10.1. The fraction of sp³-hybridized carbons (Fsp3) is 0. The molecule has 2 N–H and O–H groups in total. The summed E-state index contributed by atoms with van der Waals surface area (Å²) in [6, 6.07) is 12.4. The molecule has 0 radical (unpaired) electrons. The predicted octanol–water partition coefficient (Wildman–Crippen LogP) is 1.84. The van der Waals surface area contributed by atoms with E-state index in [1.807, 2.05) is 0 Å². The second kappa shape index (κ2) is 5.27. The van der Waals surface area contributed by atoms with Crippen LogP contribution in [0.25, 0.3) is 11.1 Å². The van der Waals surface area contributed by atoms with E-state index in [0.29, 0.717) is 11.1 Å². The SMILES string of the molecule is NS(=O)(=O)Oc1ccc(-c2ccccc2)c([N+](=O)[O-])c1. The van der Waals surface area contributed by atoms with Crippen LogP contribution in [0.5, 0.6) is 5.75 Å². The van der Waals surface area contributed by atoms with E-state index < -0.39 is 15.2 Å². The molecule has 104 valence electrons. The molecule has 0 aliphatic heterocycles. The van der Waals surface area contributed by atoms with Crippen LogP contribution in [0.3, 0.4) is 0 Å². The van der Waals surface area contributed by atoms with Crippen LogP contribution in [0.2, 0.25) is 0 Å². The maximum absolute atomic E-state index is 11.1. The third kappa shape index (κ3) is 3.31. The van der Waals surface area contributed by atoms with Crippen molar-refractivity contribution in [2.45, 2.75) is 0 Å². The zero-order valence-corrected chi connectivity index (χ0v) is 10.9. The third-order valence-corrected chi connectivity index (χ3v) is 2.89. The van der Waals surface area contributed by atoms with E-state index in [4.69, 9.17) is 5.14 Å². The quantitative estimate of drug-likeness (QED) is 0.683. The van der Waals surface area contributed by atoms with Crippen LogP contribution in [0.1, 0.15) is 0 Å². The standard InChI is InChI=1S/C12H10N2O5S/c13-20(17,18)19-10-6-7-11(12(8-10)14(15)16)9-4-2-1-3-5-9/h1-8H,(H2,13,17,18). The lowest BCUT2D eigenvalue weighted by Gasteiger charge is -2.06. The van der Waals surface area contributed by atoms with Gasteiger partial charge in [0.1, 0.15) is 0 Å². The highest BCUT2D eigenvalue weighted by Gasteiger charge is 2.18. The second-order valence-corrected chi connectivity index (χ2v) is 5.03. The minimum atomic E-state index is -4.22. The van der Waals surface area contributed by atoms with Crippen LogP contribution in [-0.2, 0) is 10.3 Å². The normalized spacial score (nSPS) is 11.1. The van der Waals surface area contributed by atoms with Gasteiger partial charge in [0.25, 0.3) is 5.69 Å². The summed E-state index contributed by atoms with van der Waals surface area (Å²) in [6.07, 6.45) is 0. The van der Waals surface area contributed by atoms with E-state index in [0.717, 1.165) is 6.07 Å². The lowest BCUT2D eigenvalue weighted by molar-refractivity contribution is -0.384. The van der Waals surface area contributed by atoms with Crippen molar-refractivity contribution in [1.82, 2.24) is 0 Å². The number of benzene rings is 2. The smallest absolute Gasteiger partial charge is 0.371 e.